The van der Waals surface area contributed by atoms with Gasteiger partial charge in [0.25, 0.3) is 5.91 Å². The third-order valence-electron chi connectivity index (χ3n) is 4.94. The molecule has 0 radical (unpaired) electrons. The summed E-state index contributed by atoms with van der Waals surface area (Å²) in [6.45, 7) is 3.32. The van der Waals surface area contributed by atoms with E-state index in [0.717, 1.165) is 18.7 Å². The smallest absolute Gasteiger partial charge is 0.251 e. The highest BCUT2D eigenvalue weighted by Crippen LogP contribution is 2.15. The standard InChI is InChI=1S/C22H27N3O3S/c1-29(28)17-18-6-5-7-19(16-18)22(27)23-11-10-21(26)25-14-12-24(13-15-25)20-8-3-2-4-9-20/h2-9,16H,10-15,17H2,1H3,(H,23,27). The van der Waals surface area contributed by atoms with E-state index < -0.39 is 10.8 Å². The molecule has 0 aromatic heterocycles. The van der Waals surface area contributed by atoms with Crippen molar-refractivity contribution in [3.8, 4) is 0 Å². The van der Waals surface area contributed by atoms with Crippen LogP contribution < -0.4 is 10.2 Å². The number of carbonyl (C=O) groups is 2. The lowest BCUT2D eigenvalue weighted by Gasteiger charge is -2.36. The van der Waals surface area contributed by atoms with Gasteiger partial charge >= 0.3 is 0 Å². The Morgan fingerprint density at radius 3 is 2.41 bits per heavy atom. The minimum atomic E-state index is -0.953. The summed E-state index contributed by atoms with van der Waals surface area (Å²) >= 11 is 0. The summed E-state index contributed by atoms with van der Waals surface area (Å²) in [5, 5.41) is 2.81. The van der Waals surface area contributed by atoms with E-state index in [0.29, 0.717) is 31.0 Å². The molecule has 1 saturated heterocycles. The quantitative estimate of drug-likeness (QED) is 0.754. The fourth-order valence-electron chi connectivity index (χ4n) is 3.43. The molecule has 1 heterocycles. The molecule has 1 atom stereocenters. The van der Waals surface area contributed by atoms with Crippen LogP contribution >= 0.6 is 0 Å². The summed E-state index contributed by atoms with van der Waals surface area (Å²) in [7, 11) is -0.953. The average Bonchev–Trinajstić information content (AvgIpc) is 2.74. The molecule has 3 rings (SSSR count). The van der Waals surface area contributed by atoms with Gasteiger partial charge < -0.3 is 15.1 Å². The van der Waals surface area contributed by atoms with Crippen LogP contribution in [0.5, 0.6) is 0 Å². The number of anilines is 1. The molecule has 1 aliphatic rings. The summed E-state index contributed by atoms with van der Waals surface area (Å²) in [6.07, 6.45) is 1.92. The summed E-state index contributed by atoms with van der Waals surface area (Å²) < 4.78 is 11.4. The molecule has 0 saturated carbocycles. The van der Waals surface area contributed by atoms with Gasteiger partial charge in [-0.3, -0.25) is 13.8 Å². The Hall–Kier alpha value is -2.67. The number of amides is 2. The number of rotatable bonds is 7. The number of hydrogen-bond donors (Lipinski definition) is 1. The van der Waals surface area contributed by atoms with E-state index in [1.165, 1.54) is 5.69 Å². The lowest BCUT2D eigenvalue weighted by Crippen LogP contribution is -2.49. The average molecular weight is 414 g/mol. The van der Waals surface area contributed by atoms with E-state index in [9.17, 15) is 13.8 Å². The summed E-state index contributed by atoms with van der Waals surface area (Å²) in [5.74, 6) is 0.276. The molecule has 0 spiro atoms. The first-order chi connectivity index (χ1) is 14.0. The van der Waals surface area contributed by atoms with Crippen LogP contribution in [-0.4, -0.2) is 59.9 Å². The van der Waals surface area contributed by atoms with E-state index in [4.69, 9.17) is 0 Å². The molecule has 0 aliphatic carbocycles. The molecule has 1 unspecified atom stereocenters. The SMILES string of the molecule is CS(=O)Cc1cccc(C(=O)NCCC(=O)N2CCN(c3ccccc3)CC2)c1. The highest BCUT2D eigenvalue weighted by atomic mass is 32.2. The Labute approximate surface area is 174 Å². The van der Waals surface area contributed by atoms with Crippen LogP contribution in [-0.2, 0) is 21.3 Å². The Kier molecular flexibility index (Phi) is 7.41. The number of hydrogen-bond acceptors (Lipinski definition) is 4. The van der Waals surface area contributed by atoms with E-state index >= 15 is 0 Å². The molecular weight excluding hydrogens is 386 g/mol. The number of nitrogens with zero attached hydrogens (tertiary/aromatic N) is 2. The van der Waals surface area contributed by atoms with E-state index in [1.54, 1.807) is 24.5 Å². The van der Waals surface area contributed by atoms with Gasteiger partial charge in [-0.25, -0.2) is 0 Å². The molecule has 0 bridgehead atoms. The minimum Gasteiger partial charge on any atom is -0.368 e. The van der Waals surface area contributed by atoms with Crippen LogP contribution in [0.2, 0.25) is 0 Å². The molecule has 1 aliphatic heterocycles. The Morgan fingerprint density at radius 1 is 1.00 bits per heavy atom. The van der Waals surface area contributed by atoms with Gasteiger partial charge in [-0.1, -0.05) is 30.3 Å². The zero-order valence-corrected chi connectivity index (χ0v) is 17.5. The van der Waals surface area contributed by atoms with Crippen LogP contribution in [0.1, 0.15) is 22.3 Å². The van der Waals surface area contributed by atoms with Crippen LogP contribution in [0, 0.1) is 0 Å². The number of piperazine rings is 1. The van der Waals surface area contributed by atoms with Gasteiger partial charge in [-0.05, 0) is 29.8 Å². The van der Waals surface area contributed by atoms with Gasteiger partial charge in [-0.2, -0.15) is 0 Å². The predicted octanol–water partition coefficient (Wildman–Crippen LogP) is 2.03. The van der Waals surface area contributed by atoms with Crippen LogP contribution in [0.25, 0.3) is 0 Å². The molecule has 29 heavy (non-hydrogen) atoms. The maximum absolute atomic E-state index is 12.5. The number of carbonyl (C=O) groups excluding carboxylic acids is 2. The zero-order chi connectivity index (χ0) is 20.6. The lowest BCUT2D eigenvalue weighted by molar-refractivity contribution is -0.131. The molecule has 2 amide bonds. The summed E-state index contributed by atoms with van der Waals surface area (Å²) in [4.78, 5) is 28.9. The molecule has 7 heteroatoms. The van der Waals surface area contributed by atoms with Gasteiger partial charge in [0.05, 0.1) is 0 Å². The van der Waals surface area contributed by atoms with Crippen molar-refractivity contribution in [3.05, 3.63) is 65.7 Å². The first kappa shape index (κ1) is 21.0. The van der Waals surface area contributed by atoms with Crippen molar-refractivity contribution in [2.24, 2.45) is 0 Å². The largest absolute Gasteiger partial charge is 0.368 e. The van der Waals surface area contributed by atoms with Crippen LogP contribution in [0.3, 0.4) is 0 Å². The Morgan fingerprint density at radius 2 is 1.72 bits per heavy atom. The van der Waals surface area contributed by atoms with Crippen molar-refractivity contribution in [2.45, 2.75) is 12.2 Å². The van der Waals surface area contributed by atoms with Crippen molar-refractivity contribution in [3.63, 3.8) is 0 Å². The Balaban J connectivity index is 1.42. The molecular formula is C22H27N3O3S. The Bertz CT molecular complexity index is 865. The second-order valence-electron chi connectivity index (χ2n) is 7.13. The third-order valence-corrected chi connectivity index (χ3v) is 5.68. The normalized spacial score (nSPS) is 15.1. The molecule has 2 aromatic carbocycles. The lowest BCUT2D eigenvalue weighted by atomic mass is 10.1. The van der Waals surface area contributed by atoms with Gasteiger partial charge in [-0.15, -0.1) is 0 Å². The fourth-order valence-corrected chi connectivity index (χ4v) is 4.08. The highest BCUT2D eigenvalue weighted by molar-refractivity contribution is 7.83. The zero-order valence-electron chi connectivity index (χ0n) is 16.7. The molecule has 2 aromatic rings. The summed E-state index contributed by atoms with van der Waals surface area (Å²) in [5.41, 5.74) is 2.57. The van der Waals surface area contributed by atoms with E-state index in [1.807, 2.05) is 29.2 Å². The van der Waals surface area contributed by atoms with Crippen molar-refractivity contribution >= 4 is 28.3 Å². The number of para-hydroxylation sites is 1. The van der Waals surface area contributed by atoms with Crippen LogP contribution in [0.15, 0.2) is 54.6 Å². The van der Waals surface area contributed by atoms with Crippen LogP contribution in [0.4, 0.5) is 5.69 Å². The van der Waals surface area contributed by atoms with Crippen molar-refractivity contribution in [2.75, 3.05) is 43.9 Å². The number of benzene rings is 2. The van der Waals surface area contributed by atoms with Gasteiger partial charge in [0, 0.05) is 73.2 Å². The maximum atomic E-state index is 12.5. The second-order valence-corrected chi connectivity index (χ2v) is 8.56. The third kappa shape index (κ3) is 6.15. The van der Waals surface area contributed by atoms with Crippen molar-refractivity contribution < 1.29 is 13.8 Å². The second kappa shape index (κ2) is 10.2. The van der Waals surface area contributed by atoms with Gasteiger partial charge in [0.15, 0.2) is 0 Å². The molecule has 1 N–H and O–H groups in total. The molecule has 1 fully saturated rings. The maximum Gasteiger partial charge on any atom is 0.251 e. The van der Waals surface area contributed by atoms with Gasteiger partial charge in [0.1, 0.15) is 0 Å². The van der Waals surface area contributed by atoms with Gasteiger partial charge in [0.2, 0.25) is 5.91 Å². The van der Waals surface area contributed by atoms with Crippen molar-refractivity contribution in [1.29, 1.82) is 0 Å². The molecule has 154 valence electrons. The van der Waals surface area contributed by atoms with E-state index in [2.05, 4.69) is 22.3 Å². The molecule has 6 nitrogen and oxygen atoms in total. The topological polar surface area (TPSA) is 69.7 Å². The first-order valence-corrected chi connectivity index (χ1v) is 11.5. The minimum absolute atomic E-state index is 0.0631. The predicted molar refractivity (Wildman–Crippen MR) is 116 cm³/mol. The monoisotopic (exact) mass is 413 g/mol. The fraction of sp³-hybridized carbons (Fsp3) is 0.364. The first-order valence-electron chi connectivity index (χ1n) is 9.78. The van der Waals surface area contributed by atoms with Crippen molar-refractivity contribution in [1.82, 2.24) is 10.2 Å². The van der Waals surface area contributed by atoms with E-state index in [-0.39, 0.29) is 18.2 Å². The summed E-state index contributed by atoms with van der Waals surface area (Å²) in [6, 6.07) is 17.3. The highest BCUT2D eigenvalue weighted by Gasteiger charge is 2.21. The number of nitrogens with one attached hydrogen (secondary N) is 1.